The quantitative estimate of drug-likeness (QED) is 0.248. The number of fused-ring (bicyclic) bond motifs is 15. The first kappa shape index (κ1) is 34.3. The number of carbonyl (C=O) groups excluding carboxylic acids is 4. The molecule has 1 fully saturated rings. The topological polar surface area (TPSA) is 171 Å². The molecule has 4 amide bonds. The minimum Gasteiger partial charge on any atom is -0.492 e. The van der Waals surface area contributed by atoms with Gasteiger partial charge in [0.25, 0.3) is 5.91 Å². The molecule has 3 aliphatic rings. The Morgan fingerprint density at radius 3 is 2.21 bits per heavy atom. The maximum atomic E-state index is 14.3. The number of pyridine rings is 1. The molecule has 5 N–H and O–H groups in total. The predicted octanol–water partition coefficient (Wildman–Crippen LogP) is 0.713. The van der Waals surface area contributed by atoms with Gasteiger partial charge in [-0.15, -0.1) is 0 Å². The molecule has 0 unspecified atom stereocenters. The van der Waals surface area contributed by atoms with Crippen molar-refractivity contribution in [3.05, 3.63) is 90.3 Å². The lowest BCUT2D eigenvalue weighted by molar-refractivity contribution is -0.144. The average Bonchev–Trinajstić information content (AvgIpc) is 3.10. The summed E-state index contributed by atoms with van der Waals surface area (Å²) in [5.74, 6) is -1.35. The second kappa shape index (κ2) is 16.2. The fraction of sp³-hybridized carbons (Fsp3) is 0.400. The maximum Gasteiger partial charge on any atom is 0.264 e. The summed E-state index contributed by atoms with van der Waals surface area (Å²) in [6.07, 6.45) is 2.54. The fourth-order valence-electron chi connectivity index (χ4n) is 5.69. The third-order valence-electron chi connectivity index (χ3n) is 8.47. The van der Waals surface area contributed by atoms with Crippen molar-refractivity contribution >= 4 is 23.6 Å². The van der Waals surface area contributed by atoms with Crippen LogP contribution in [-0.4, -0.2) is 95.2 Å². The van der Waals surface area contributed by atoms with Gasteiger partial charge in [0.1, 0.15) is 36.2 Å². The lowest BCUT2D eigenvalue weighted by Crippen LogP contribution is -2.62. The molecule has 1 aromatic heterocycles. The van der Waals surface area contributed by atoms with Crippen LogP contribution >= 0.6 is 0 Å². The first-order valence-corrected chi connectivity index (χ1v) is 16.1. The molecule has 13 nitrogen and oxygen atoms in total. The lowest BCUT2D eigenvalue weighted by atomic mass is 9.89. The van der Waals surface area contributed by atoms with Crippen LogP contribution in [0, 0.1) is 0 Å². The number of aromatic nitrogens is 1. The van der Waals surface area contributed by atoms with Crippen LogP contribution in [0.5, 0.6) is 11.5 Å². The smallest absolute Gasteiger partial charge is 0.264 e. The van der Waals surface area contributed by atoms with Gasteiger partial charge in [0.2, 0.25) is 17.7 Å². The number of piperidine rings is 1. The van der Waals surface area contributed by atoms with Crippen molar-refractivity contribution in [1.82, 2.24) is 31.2 Å². The molecule has 0 aliphatic carbocycles. The van der Waals surface area contributed by atoms with E-state index >= 15 is 0 Å². The second-order valence-corrected chi connectivity index (χ2v) is 12.0. The van der Waals surface area contributed by atoms with Crippen LogP contribution in [0.2, 0.25) is 0 Å². The predicted molar refractivity (Wildman–Crippen MR) is 176 cm³/mol. The minimum atomic E-state index is -1.37. The minimum absolute atomic E-state index is 0.116. The highest BCUT2D eigenvalue weighted by Gasteiger charge is 2.45. The highest BCUT2D eigenvalue weighted by molar-refractivity contribution is 5.95. The van der Waals surface area contributed by atoms with Crippen LogP contribution in [0.3, 0.4) is 0 Å². The van der Waals surface area contributed by atoms with Crippen molar-refractivity contribution in [2.45, 2.75) is 56.5 Å². The molecular formula is C35H42N6O7. The third kappa shape index (κ3) is 9.07. The molecule has 48 heavy (non-hydrogen) atoms. The van der Waals surface area contributed by atoms with Gasteiger partial charge in [-0.25, -0.2) is 0 Å². The number of hydrogen-bond donors (Lipinski definition) is 5. The van der Waals surface area contributed by atoms with E-state index in [1.165, 1.54) is 6.92 Å². The van der Waals surface area contributed by atoms with E-state index in [1.807, 2.05) is 48.5 Å². The van der Waals surface area contributed by atoms with E-state index in [4.69, 9.17) is 9.47 Å². The molecule has 4 heterocycles. The normalized spacial score (nSPS) is 22.8. The summed E-state index contributed by atoms with van der Waals surface area (Å²) in [5, 5.41) is 20.7. The first-order chi connectivity index (χ1) is 23.2. The summed E-state index contributed by atoms with van der Waals surface area (Å²) in [7, 11) is 0. The van der Waals surface area contributed by atoms with E-state index in [2.05, 4.69) is 31.2 Å². The molecule has 3 atom stereocenters. The van der Waals surface area contributed by atoms with E-state index in [0.717, 1.165) is 11.3 Å². The summed E-state index contributed by atoms with van der Waals surface area (Å²) in [5.41, 5.74) is 0.382. The number of hydrogen-bond acceptors (Lipinski definition) is 9. The van der Waals surface area contributed by atoms with Gasteiger partial charge in [-0.1, -0.05) is 36.4 Å². The molecule has 0 saturated carbocycles. The van der Waals surface area contributed by atoms with Gasteiger partial charge < -0.3 is 35.8 Å². The summed E-state index contributed by atoms with van der Waals surface area (Å²) >= 11 is 0. The van der Waals surface area contributed by atoms with Crippen LogP contribution in [-0.2, 0) is 32.1 Å². The van der Waals surface area contributed by atoms with Crippen molar-refractivity contribution in [2.75, 3.05) is 32.8 Å². The molecule has 0 radical (unpaired) electrons. The van der Waals surface area contributed by atoms with Crippen LogP contribution in [0.4, 0.5) is 0 Å². The van der Waals surface area contributed by atoms with E-state index in [1.54, 1.807) is 30.5 Å². The molecule has 6 rings (SSSR count). The molecule has 254 valence electrons. The summed E-state index contributed by atoms with van der Waals surface area (Å²) in [6.45, 7) is 2.82. The zero-order valence-corrected chi connectivity index (χ0v) is 26.9. The van der Waals surface area contributed by atoms with Crippen LogP contribution in [0.1, 0.15) is 31.0 Å². The number of benzene rings is 2. The van der Waals surface area contributed by atoms with Crippen LogP contribution in [0.25, 0.3) is 0 Å². The molecule has 13 heteroatoms. The monoisotopic (exact) mass is 658 g/mol. The van der Waals surface area contributed by atoms with Crippen molar-refractivity contribution in [3.8, 4) is 11.5 Å². The average molecular weight is 659 g/mol. The van der Waals surface area contributed by atoms with Crippen LogP contribution in [0.15, 0.2) is 79.0 Å². The largest absolute Gasteiger partial charge is 0.492 e. The fourth-order valence-corrected chi connectivity index (χ4v) is 5.69. The number of rotatable bonds is 5. The maximum absolute atomic E-state index is 14.3. The zero-order chi connectivity index (χ0) is 33.9. The molecule has 2 bridgehead atoms. The molecule has 2 aromatic carbocycles. The lowest BCUT2D eigenvalue weighted by Gasteiger charge is -2.41. The van der Waals surface area contributed by atoms with Gasteiger partial charge in [-0.2, -0.15) is 0 Å². The SMILES string of the molecule is C[C@@H]1NC(=O)[C@H](CO)NC(=O)[C@@H](Cc2ccccc2)NC(=O)C2(CCN(Cc3ccccn3)CC2)Oc2ccc(cc2)OCCNC1=O. The number of ether oxygens (including phenoxy) is 2. The Labute approximate surface area is 279 Å². The number of nitrogens with one attached hydrogen (secondary N) is 4. The van der Waals surface area contributed by atoms with Crippen molar-refractivity contribution in [1.29, 1.82) is 0 Å². The number of amides is 4. The van der Waals surface area contributed by atoms with Gasteiger partial charge in [-0.05, 0) is 48.9 Å². The highest BCUT2D eigenvalue weighted by atomic mass is 16.5. The first-order valence-electron chi connectivity index (χ1n) is 16.1. The Kier molecular flexibility index (Phi) is 11.6. The van der Waals surface area contributed by atoms with Crippen LogP contribution < -0.4 is 30.7 Å². The Bertz CT molecular complexity index is 1530. The van der Waals surface area contributed by atoms with E-state index in [-0.39, 0.29) is 19.6 Å². The summed E-state index contributed by atoms with van der Waals surface area (Å²) in [6, 6.07) is 18.4. The Morgan fingerprint density at radius 2 is 1.52 bits per heavy atom. The molecule has 3 aliphatic heterocycles. The molecule has 1 saturated heterocycles. The Balaban J connectivity index is 1.43. The van der Waals surface area contributed by atoms with E-state index in [9.17, 15) is 24.3 Å². The van der Waals surface area contributed by atoms with Crippen molar-refractivity contribution < 1.29 is 33.8 Å². The highest BCUT2D eigenvalue weighted by Crippen LogP contribution is 2.31. The third-order valence-corrected chi connectivity index (χ3v) is 8.47. The van der Waals surface area contributed by atoms with E-state index < -0.39 is 54.0 Å². The number of aliphatic hydroxyl groups is 1. The number of aliphatic hydroxyl groups excluding tert-OH is 1. The Hall–Kier alpha value is -5.01. The van der Waals surface area contributed by atoms with Gasteiger partial charge in [0, 0.05) is 45.1 Å². The van der Waals surface area contributed by atoms with Crippen molar-refractivity contribution in [3.63, 3.8) is 0 Å². The van der Waals surface area contributed by atoms with Gasteiger partial charge in [0.15, 0.2) is 5.60 Å². The Morgan fingerprint density at radius 1 is 0.833 bits per heavy atom. The van der Waals surface area contributed by atoms with Gasteiger partial charge in [0.05, 0.1) is 18.8 Å². The van der Waals surface area contributed by atoms with E-state index in [0.29, 0.717) is 44.0 Å². The number of nitrogens with zero attached hydrogens (tertiary/aromatic N) is 2. The van der Waals surface area contributed by atoms with Gasteiger partial charge >= 0.3 is 0 Å². The summed E-state index contributed by atoms with van der Waals surface area (Å²) in [4.78, 5) is 60.3. The second-order valence-electron chi connectivity index (χ2n) is 12.0. The standard InChI is InChI=1S/C35H42N6O7/c1-24-31(43)37-17-20-47-27-10-12-28(13-11-27)48-35(14-18-41(19-15-35)22-26-9-5-6-16-36-26)34(46)40-29(21-25-7-3-2-4-8-25)32(44)39-30(23-42)33(45)38-24/h2-13,16,24,29-30,42H,14-15,17-23H2,1H3,(H,37,43)(H,38,45)(H,39,44)(H,40,46)/t24-,29+,30-/m0/s1. The summed E-state index contributed by atoms with van der Waals surface area (Å²) < 4.78 is 12.3. The van der Waals surface area contributed by atoms with Crippen molar-refractivity contribution in [2.24, 2.45) is 0 Å². The molecular weight excluding hydrogens is 616 g/mol. The number of likely N-dealkylation sites (tertiary alicyclic amines) is 1. The molecule has 1 spiro atoms. The number of carbonyl (C=O) groups is 4. The zero-order valence-electron chi connectivity index (χ0n) is 26.9. The molecule has 3 aromatic rings. The van der Waals surface area contributed by atoms with Gasteiger partial charge in [-0.3, -0.25) is 29.1 Å².